The SMILES string of the molecule is CCc1noc(C)c1C(=O)N1CCC[C@@H]1c1cncc(CNC(C)=O)n1. The van der Waals surface area contributed by atoms with Crippen molar-refractivity contribution < 1.29 is 14.1 Å². The van der Waals surface area contributed by atoms with Gasteiger partial charge in [0, 0.05) is 13.5 Å². The Hall–Kier alpha value is -2.77. The number of carbonyl (C=O) groups is 2. The molecule has 1 fully saturated rings. The number of hydrogen-bond donors (Lipinski definition) is 1. The molecule has 1 aliphatic rings. The zero-order valence-corrected chi connectivity index (χ0v) is 15.3. The van der Waals surface area contributed by atoms with Crippen molar-refractivity contribution in [1.82, 2.24) is 25.3 Å². The lowest BCUT2D eigenvalue weighted by atomic mass is 10.1. The maximum absolute atomic E-state index is 13.1. The van der Waals surface area contributed by atoms with Gasteiger partial charge in [-0.05, 0) is 26.2 Å². The molecule has 1 aliphatic heterocycles. The van der Waals surface area contributed by atoms with Crippen molar-refractivity contribution in [3.8, 4) is 0 Å². The number of carbonyl (C=O) groups excluding carboxylic acids is 2. The molecule has 3 rings (SSSR count). The predicted molar refractivity (Wildman–Crippen MR) is 93.2 cm³/mol. The van der Waals surface area contributed by atoms with Gasteiger partial charge in [-0.1, -0.05) is 12.1 Å². The van der Waals surface area contributed by atoms with Gasteiger partial charge >= 0.3 is 0 Å². The highest BCUT2D eigenvalue weighted by Crippen LogP contribution is 2.33. The highest BCUT2D eigenvalue weighted by Gasteiger charge is 2.34. The predicted octanol–water partition coefficient (Wildman–Crippen LogP) is 1.95. The van der Waals surface area contributed by atoms with Gasteiger partial charge in [-0.15, -0.1) is 0 Å². The molecule has 0 aromatic carbocycles. The molecule has 8 nitrogen and oxygen atoms in total. The highest BCUT2D eigenvalue weighted by atomic mass is 16.5. The summed E-state index contributed by atoms with van der Waals surface area (Å²) in [6, 6.07) is -0.133. The molecule has 1 saturated heterocycles. The summed E-state index contributed by atoms with van der Waals surface area (Å²) in [7, 11) is 0. The Morgan fingerprint density at radius 3 is 2.92 bits per heavy atom. The van der Waals surface area contributed by atoms with E-state index in [2.05, 4.69) is 20.4 Å². The Kier molecular flexibility index (Phi) is 5.29. The van der Waals surface area contributed by atoms with Crippen LogP contribution >= 0.6 is 0 Å². The molecule has 8 heteroatoms. The molecule has 0 spiro atoms. The summed E-state index contributed by atoms with van der Waals surface area (Å²) >= 11 is 0. The fourth-order valence-electron chi connectivity index (χ4n) is 3.28. The minimum absolute atomic E-state index is 0.0721. The van der Waals surface area contributed by atoms with Gasteiger partial charge in [0.25, 0.3) is 5.91 Å². The Morgan fingerprint density at radius 1 is 1.38 bits per heavy atom. The van der Waals surface area contributed by atoms with Crippen molar-refractivity contribution >= 4 is 11.8 Å². The molecule has 2 amide bonds. The van der Waals surface area contributed by atoms with Crippen LogP contribution in [0.15, 0.2) is 16.9 Å². The second kappa shape index (κ2) is 7.63. The Balaban J connectivity index is 1.84. The molecule has 0 aliphatic carbocycles. The first-order valence-corrected chi connectivity index (χ1v) is 8.82. The molecule has 0 bridgehead atoms. The van der Waals surface area contributed by atoms with Crippen LogP contribution in [0.4, 0.5) is 0 Å². The average molecular weight is 357 g/mol. The van der Waals surface area contributed by atoms with Gasteiger partial charge in [-0.25, -0.2) is 0 Å². The van der Waals surface area contributed by atoms with Crippen LogP contribution in [0.25, 0.3) is 0 Å². The van der Waals surface area contributed by atoms with Crippen LogP contribution in [0.3, 0.4) is 0 Å². The third-order valence-corrected chi connectivity index (χ3v) is 4.56. The zero-order chi connectivity index (χ0) is 18.7. The van der Waals surface area contributed by atoms with E-state index in [9.17, 15) is 9.59 Å². The monoisotopic (exact) mass is 357 g/mol. The van der Waals surface area contributed by atoms with Crippen molar-refractivity contribution in [2.24, 2.45) is 0 Å². The molecular formula is C18H23N5O3. The highest BCUT2D eigenvalue weighted by molar-refractivity contribution is 5.96. The number of aryl methyl sites for hydroxylation is 2. The Morgan fingerprint density at radius 2 is 2.19 bits per heavy atom. The van der Waals surface area contributed by atoms with Gasteiger partial charge in [0.05, 0.1) is 42.1 Å². The summed E-state index contributed by atoms with van der Waals surface area (Å²) < 4.78 is 5.22. The maximum Gasteiger partial charge on any atom is 0.259 e. The van der Waals surface area contributed by atoms with Crippen LogP contribution in [0.1, 0.15) is 65.9 Å². The molecule has 3 heterocycles. The molecule has 1 atom stereocenters. The molecule has 0 radical (unpaired) electrons. The van der Waals surface area contributed by atoms with Crippen molar-refractivity contribution in [3.63, 3.8) is 0 Å². The third kappa shape index (κ3) is 3.58. The van der Waals surface area contributed by atoms with E-state index in [0.29, 0.717) is 42.2 Å². The number of aromatic nitrogens is 3. The maximum atomic E-state index is 13.1. The molecule has 0 unspecified atom stereocenters. The van der Waals surface area contributed by atoms with Crippen molar-refractivity contribution in [2.45, 2.75) is 52.6 Å². The lowest BCUT2D eigenvalue weighted by molar-refractivity contribution is -0.119. The van der Waals surface area contributed by atoms with Crippen LogP contribution in [0, 0.1) is 6.92 Å². The third-order valence-electron chi connectivity index (χ3n) is 4.56. The van der Waals surface area contributed by atoms with E-state index in [1.54, 1.807) is 19.3 Å². The minimum Gasteiger partial charge on any atom is -0.361 e. The van der Waals surface area contributed by atoms with Crippen LogP contribution in [-0.2, 0) is 17.8 Å². The van der Waals surface area contributed by atoms with Gasteiger partial charge < -0.3 is 14.7 Å². The lowest BCUT2D eigenvalue weighted by Crippen LogP contribution is -2.32. The van der Waals surface area contributed by atoms with Gasteiger partial charge in [0.1, 0.15) is 11.3 Å². The number of hydrogen-bond acceptors (Lipinski definition) is 6. The van der Waals surface area contributed by atoms with Crippen LogP contribution in [0.2, 0.25) is 0 Å². The van der Waals surface area contributed by atoms with E-state index in [4.69, 9.17) is 4.52 Å². The number of likely N-dealkylation sites (tertiary alicyclic amines) is 1. The molecule has 138 valence electrons. The summed E-state index contributed by atoms with van der Waals surface area (Å²) in [6.07, 6.45) is 5.69. The standard InChI is InChI=1S/C18H23N5O3/c1-4-14-17(11(2)26-22-14)18(25)23-7-5-6-16(23)15-10-19-8-13(21-15)9-20-12(3)24/h8,10,16H,4-7,9H2,1-3H3,(H,20,24)/t16-/m1/s1. The van der Waals surface area contributed by atoms with Crippen LogP contribution in [-0.4, -0.2) is 38.4 Å². The van der Waals surface area contributed by atoms with Crippen molar-refractivity contribution in [3.05, 3.63) is 40.8 Å². The topological polar surface area (TPSA) is 101 Å². The Bertz CT molecular complexity index is 817. The summed E-state index contributed by atoms with van der Waals surface area (Å²) in [5.41, 5.74) is 2.66. The summed E-state index contributed by atoms with van der Waals surface area (Å²) in [5.74, 6) is 0.352. The smallest absolute Gasteiger partial charge is 0.259 e. The fraction of sp³-hybridized carbons (Fsp3) is 0.500. The second-order valence-electron chi connectivity index (χ2n) is 6.42. The molecule has 2 aromatic heterocycles. The van der Waals surface area contributed by atoms with E-state index in [1.165, 1.54) is 6.92 Å². The normalized spacial score (nSPS) is 16.7. The minimum atomic E-state index is -0.133. The number of nitrogens with zero attached hydrogens (tertiary/aromatic N) is 4. The first-order valence-electron chi connectivity index (χ1n) is 8.82. The summed E-state index contributed by atoms with van der Waals surface area (Å²) in [6.45, 7) is 6.16. The number of rotatable bonds is 5. The molecule has 26 heavy (non-hydrogen) atoms. The van der Waals surface area contributed by atoms with E-state index in [1.807, 2.05) is 11.8 Å². The van der Waals surface area contributed by atoms with Crippen molar-refractivity contribution in [2.75, 3.05) is 6.54 Å². The molecule has 2 aromatic rings. The summed E-state index contributed by atoms with van der Waals surface area (Å²) in [5, 5.41) is 6.70. The fourth-order valence-corrected chi connectivity index (χ4v) is 3.28. The second-order valence-corrected chi connectivity index (χ2v) is 6.42. The molecule has 1 N–H and O–H groups in total. The van der Waals surface area contributed by atoms with E-state index < -0.39 is 0 Å². The molecule has 0 saturated carbocycles. The van der Waals surface area contributed by atoms with Crippen LogP contribution in [0.5, 0.6) is 0 Å². The van der Waals surface area contributed by atoms with E-state index in [0.717, 1.165) is 18.5 Å². The Labute approximate surface area is 152 Å². The quantitative estimate of drug-likeness (QED) is 0.878. The molecular weight excluding hydrogens is 334 g/mol. The largest absolute Gasteiger partial charge is 0.361 e. The first kappa shape index (κ1) is 18.0. The van der Waals surface area contributed by atoms with Gasteiger partial charge in [-0.3, -0.25) is 19.6 Å². The summed E-state index contributed by atoms with van der Waals surface area (Å²) in [4.78, 5) is 34.9. The van der Waals surface area contributed by atoms with Gasteiger partial charge in [0.2, 0.25) is 5.91 Å². The number of nitrogens with one attached hydrogen (secondary N) is 1. The van der Waals surface area contributed by atoms with Crippen LogP contribution < -0.4 is 5.32 Å². The first-order chi connectivity index (χ1) is 12.5. The van der Waals surface area contributed by atoms with Crippen molar-refractivity contribution in [1.29, 1.82) is 0 Å². The van der Waals surface area contributed by atoms with Gasteiger partial charge in [0.15, 0.2) is 0 Å². The average Bonchev–Trinajstić information content (AvgIpc) is 3.26. The van der Waals surface area contributed by atoms with E-state index in [-0.39, 0.29) is 17.9 Å². The van der Waals surface area contributed by atoms with Gasteiger partial charge in [-0.2, -0.15) is 0 Å². The zero-order valence-electron chi connectivity index (χ0n) is 15.3. The lowest BCUT2D eigenvalue weighted by Gasteiger charge is -2.24. The number of amides is 2. The van der Waals surface area contributed by atoms with E-state index >= 15 is 0 Å².